The van der Waals surface area contributed by atoms with Gasteiger partial charge in [0.25, 0.3) is 0 Å². The lowest BCUT2D eigenvalue weighted by atomic mass is 9.75. The Hall–Kier alpha value is -5.82. The molecule has 2 amide bonds. The van der Waals surface area contributed by atoms with Gasteiger partial charge in [0.1, 0.15) is 16.6 Å². The Balaban J connectivity index is 1.29. The molecule has 0 bridgehead atoms. The average molecular weight is 729 g/mol. The van der Waals surface area contributed by atoms with Crippen molar-refractivity contribution in [2.75, 3.05) is 0 Å². The first-order valence-corrected chi connectivity index (χ1v) is 19.2. The quantitative estimate of drug-likeness (QED) is 0.0859. The van der Waals surface area contributed by atoms with Gasteiger partial charge in [-0.05, 0) is 59.1 Å². The molecule has 0 saturated heterocycles. The lowest BCUT2D eigenvalue weighted by Crippen LogP contribution is -2.61. The normalized spacial score (nSPS) is 15.1. The third-order valence-corrected chi connectivity index (χ3v) is 11.4. The molecule has 55 heavy (non-hydrogen) atoms. The van der Waals surface area contributed by atoms with Gasteiger partial charge in [-0.15, -0.1) is 0 Å². The summed E-state index contributed by atoms with van der Waals surface area (Å²) in [5, 5.41) is 32.6. The number of hydrogen-bond acceptors (Lipinski definition) is 4. The summed E-state index contributed by atoms with van der Waals surface area (Å²) in [5.41, 5.74) is -0.327. The van der Waals surface area contributed by atoms with Crippen molar-refractivity contribution < 1.29 is 19.8 Å². The highest BCUT2D eigenvalue weighted by atomic mass is 16.3. The van der Waals surface area contributed by atoms with Crippen molar-refractivity contribution in [3.05, 3.63) is 215 Å². The fourth-order valence-corrected chi connectivity index (χ4v) is 8.34. The second kappa shape index (κ2) is 16.7. The van der Waals surface area contributed by atoms with Gasteiger partial charge in [-0.25, -0.2) is 0 Å². The predicted molar refractivity (Wildman–Crippen MR) is 217 cm³/mol. The largest absolute Gasteiger partial charge is 0.378 e. The molecule has 6 aromatic carbocycles. The zero-order valence-electron chi connectivity index (χ0n) is 30.9. The SMILES string of the molecule is O=C(N[C@H](Cc1ccccc1)C(O)(c1ccccc1)c1ccccc1)C1(C(=O)N[C@H](Cc2ccccc2)C(O)(c2ccccc2)c2ccccc2)CCCC1. The number of rotatable bonds is 14. The zero-order chi connectivity index (χ0) is 38.1. The smallest absolute Gasteiger partial charge is 0.236 e. The molecule has 0 radical (unpaired) electrons. The van der Waals surface area contributed by atoms with Crippen molar-refractivity contribution >= 4 is 11.8 Å². The van der Waals surface area contributed by atoms with E-state index in [9.17, 15) is 10.2 Å². The van der Waals surface area contributed by atoms with E-state index in [1.165, 1.54) is 0 Å². The first-order valence-electron chi connectivity index (χ1n) is 19.2. The van der Waals surface area contributed by atoms with Gasteiger partial charge in [-0.1, -0.05) is 195 Å². The van der Waals surface area contributed by atoms with E-state index in [0.29, 0.717) is 60.8 Å². The van der Waals surface area contributed by atoms with Crippen LogP contribution in [-0.4, -0.2) is 34.1 Å². The van der Waals surface area contributed by atoms with Crippen LogP contribution < -0.4 is 10.6 Å². The molecule has 4 N–H and O–H groups in total. The van der Waals surface area contributed by atoms with Crippen LogP contribution in [0.25, 0.3) is 0 Å². The van der Waals surface area contributed by atoms with Crippen LogP contribution >= 0.6 is 0 Å². The van der Waals surface area contributed by atoms with Crippen LogP contribution in [0, 0.1) is 5.41 Å². The molecule has 6 heteroatoms. The standard InChI is InChI=1S/C49H48N2O4/c52-45(50-43(35-37-21-7-1-8-22-37)48(54,39-25-11-3-12-26-39)40-27-13-4-14-28-40)47(33-19-20-34-47)46(53)51-44(36-38-23-9-2-10-24-38)49(55,41-29-15-5-16-30-41)42-31-17-6-18-32-42/h1-18,21-32,43-44,54-55H,19-20,33-36H2,(H,50,52)(H,51,53)/t43-,44-/m1/s1. The van der Waals surface area contributed by atoms with E-state index in [-0.39, 0.29) is 0 Å². The van der Waals surface area contributed by atoms with Crippen LogP contribution in [0.2, 0.25) is 0 Å². The summed E-state index contributed by atoms with van der Waals surface area (Å²) in [6.07, 6.45) is 2.68. The molecule has 0 aromatic heterocycles. The summed E-state index contributed by atoms with van der Waals surface area (Å²) >= 11 is 0. The molecule has 278 valence electrons. The second-order valence-electron chi connectivity index (χ2n) is 14.7. The van der Waals surface area contributed by atoms with Crippen molar-refractivity contribution in [2.24, 2.45) is 5.41 Å². The fourth-order valence-electron chi connectivity index (χ4n) is 8.34. The molecule has 1 saturated carbocycles. The molecule has 1 aliphatic carbocycles. The molecule has 0 unspecified atom stereocenters. The molecular formula is C49H48N2O4. The highest BCUT2D eigenvalue weighted by Gasteiger charge is 2.52. The Morgan fingerprint density at radius 1 is 0.455 bits per heavy atom. The summed E-state index contributed by atoms with van der Waals surface area (Å²) in [4.78, 5) is 30.2. The minimum atomic E-state index is -1.64. The van der Waals surface area contributed by atoms with Gasteiger partial charge in [0.05, 0.1) is 12.1 Å². The van der Waals surface area contributed by atoms with Crippen LogP contribution in [0.1, 0.15) is 59.1 Å². The predicted octanol–water partition coefficient (Wildman–Crippen LogP) is 7.87. The first kappa shape index (κ1) is 37.5. The maximum atomic E-state index is 15.1. The van der Waals surface area contributed by atoms with E-state index in [4.69, 9.17) is 0 Å². The third-order valence-electron chi connectivity index (χ3n) is 11.4. The first-order chi connectivity index (χ1) is 26.8. The summed E-state index contributed by atoms with van der Waals surface area (Å²) < 4.78 is 0. The van der Waals surface area contributed by atoms with Crippen molar-refractivity contribution in [1.29, 1.82) is 0 Å². The lowest BCUT2D eigenvalue weighted by Gasteiger charge is -2.41. The van der Waals surface area contributed by atoms with E-state index >= 15 is 9.59 Å². The Bertz CT molecular complexity index is 1890. The number of carbonyl (C=O) groups is 2. The van der Waals surface area contributed by atoms with E-state index in [1.807, 2.05) is 182 Å². The molecular weight excluding hydrogens is 681 g/mol. The molecule has 0 heterocycles. The summed E-state index contributed by atoms with van der Waals surface area (Å²) in [5.74, 6) is -0.870. The number of aliphatic hydroxyl groups is 2. The van der Waals surface area contributed by atoms with Gasteiger partial charge in [0.15, 0.2) is 0 Å². The zero-order valence-corrected chi connectivity index (χ0v) is 30.9. The minimum absolute atomic E-state index is 0.308. The monoisotopic (exact) mass is 728 g/mol. The fraction of sp³-hybridized carbons (Fsp3) is 0.224. The minimum Gasteiger partial charge on any atom is -0.378 e. The van der Waals surface area contributed by atoms with E-state index < -0.39 is 40.5 Å². The number of hydrogen-bond donors (Lipinski definition) is 4. The molecule has 6 aromatic rings. The van der Waals surface area contributed by atoms with Gasteiger partial charge >= 0.3 is 0 Å². The van der Waals surface area contributed by atoms with Crippen molar-refractivity contribution in [3.8, 4) is 0 Å². The van der Waals surface area contributed by atoms with E-state index in [0.717, 1.165) is 11.1 Å². The topological polar surface area (TPSA) is 98.7 Å². The van der Waals surface area contributed by atoms with Crippen LogP contribution in [0.15, 0.2) is 182 Å². The number of carbonyl (C=O) groups excluding carboxylic acids is 2. The van der Waals surface area contributed by atoms with Crippen LogP contribution in [0.4, 0.5) is 0 Å². The van der Waals surface area contributed by atoms with Gasteiger partial charge in [-0.3, -0.25) is 9.59 Å². The molecule has 1 fully saturated rings. The Morgan fingerprint density at radius 2 is 0.709 bits per heavy atom. The van der Waals surface area contributed by atoms with Crippen molar-refractivity contribution in [2.45, 2.75) is 61.8 Å². The average Bonchev–Trinajstić information content (AvgIpc) is 3.77. The molecule has 2 atom stereocenters. The second-order valence-corrected chi connectivity index (χ2v) is 14.7. The lowest BCUT2D eigenvalue weighted by molar-refractivity contribution is -0.146. The van der Waals surface area contributed by atoms with Crippen LogP contribution in [0.3, 0.4) is 0 Å². The van der Waals surface area contributed by atoms with Gasteiger partial charge < -0.3 is 20.8 Å². The maximum Gasteiger partial charge on any atom is 0.236 e. The van der Waals surface area contributed by atoms with Gasteiger partial charge in [0, 0.05) is 0 Å². The van der Waals surface area contributed by atoms with Gasteiger partial charge in [-0.2, -0.15) is 0 Å². The number of amides is 2. The molecule has 0 spiro atoms. The van der Waals surface area contributed by atoms with E-state index in [1.54, 1.807) is 0 Å². The van der Waals surface area contributed by atoms with E-state index in [2.05, 4.69) is 10.6 Å². The molecule has 7 rings (SSSR count). The van der Waals surface area contributed by atoms with Crippen molar-refractivity contribution in [3.63, 3.8) is 0 Å². The maximum absolute atomic E-state index is 15.1. The Labute approximate surface area is 323 Å². The molecule has 0 aliphatic heterocycles. The summed E-state index contributed by atoms with van der Waals surface area (Å²) in [6.45, 7) is 0. The highest BCUT2D eigenvalue weighted by Crippen LogP contribution is 2.42. The molecule has 6 nitrogen and oxygen atoms in total. The Kier molecular flexibility index (Phi) is 11.4. The van der Waals surface area contributed by atoms with Crippen LogP contribution in [0.5, 0.6) is 0 Å². The molecule has 1 aliphatic rings. The van der Waals surface area contributed by atoms with Crippen molar-refractivity contribution in [1.82, 2.24) is 10.6 Å². The van der Waals surface area contributed by atoms with Crippen LogP contribution in [-0.2, 0) is 33.6 Å². The summed E-state index contributed by atoms with van der Waals surface area (Å²) in [6, 6.07) is 55.5. The number of nitrogens with one attached hydrogen (secondary N) is 2. The highest BCUT2D eigenvalue weighted by molar-refractivity contribution is 6.05. The van der Waals surface area contributed by atoms with Gasteiger partial charge in [0.2, 0.25) is 11.8 Å². The number of benzene rings is 6. The third kappa shape index (κ3) is 7.74. The summed E-state index contributed by atoms with van der Waals surface area (Å²) in [7, 11) is 0. The Morgan fingerprint density at radius 3 is 0.982 bits per heavy atom.